The smallest absolute Gasteiger partial charge is 0.236 e. The highest BCUT2D eigenvalue weighted by Crippen LogP contribution is 2.19. The van der Waals surface area contributed by atoms with Crippen LogP contribution in [-0.4, -0.2) is 124 Å². The molecule has 0 saturated carbocycles. The summed E-state index contributed by atoms with van der Waals surface area (Å²) in [4.78, 5) is 33.0. The third kappa shape index (κ3) is 6.14. The molecule has 27 heavy (non-hydrogen) atoms. The van der Waals surface area contributed by atoms with Gasteiger partial charge in [-0.05, 0) is 38.9 Å². The molecule has 154 valence electrons. The lowest BCUT2D eigenvalue weighted by Crippen LogP contribution is -2.52. The molecule has 0 bridgehead atoms. The van der Waals surface area contributed by atoms with Crippen LogP contribution in [0.3, 0.4) is 0 Å². The first kappa shape index (κ1) is 20.5. The van der Waals surface area contributed by atoms with Crippen LogP contribution in [0.2, 0.25) is 0 Å². The Kier molecular flexibility index (Phi) is 7.87. The van der Waals surface area contributed by atoms with Gasteiger partial charge >= 0.3 is 0 Å². The van der Waals surface area contributed by atoms with Crippen molar-refractivity contribution in [3.63, 3.8) is 0 Å². The molecule has 8 nitrogen and oxygen atoms in total. The van der Waals surface area contributed by atoms with Crippen LogP contribution in [0.4, 0.5) is 0 Å². The molecule has 0 unspecified atom stereocenters. The normalized spacial score (nSPS) is 23.6. The molecule has 0 aromatic carbocycles. The van der Waals surface area contributed by atoms with Crippen LogP contribution in [-0.2, 0) is 14.3 Å². The lowest BCUT2D eigenvalue weighted by Gasteiger charge is -2.39. The second-order valence-corrected chi connectivity index (χ2v) is 7.92. The summed E-state index contributed by atoms with van der Waals surface area (Å²) < 4.78 is 5.32. The van der Waals surface area contributed by atoms with Crippen LogP contribution in [0.1, 0.15) is 12.8 Å². The van der Waals surface area contributed by atoms with Crippen LogP contribution in [0.5, 0.6) is 0 Å². The first-order valence-corrected chi connectivity index (χ1v) is 10.4. The zero-order valence-corrected chi connectivity index (χ0v) is 16.7. The topological polar surface area (TPSA) is 68.4 Å². The molecule has 3 aliphatic rings. The van der Waals surface area contributed by atoms with Gasteiger partial charge in [0.25, 0.3) is 0 Å². The molecular weight excluding hydrogens is 346 g/mol. The highest BCUT2D eigenvalue weighted by molar-refractivity contribution is 5.78. The van der Waals surface area contributed by atoms with Crippen molar-refractivity contribution in [2.24, 2.45) is 5.92 Å². The standard InChI is InChI=1S/C19H35N5O3/c1-20-14-18(25)23-8-6-22(7-9-23)15-17-2-4-21(5-3-17)16-19(26)24-10-12-27-13-11-24/h17,20H,2-16H2,1H3. The number of nitrogens with one attached hydrogen (secondary N) is 1. The van der Waals surface area contributed by atoms with Gasteiger partial charge in [-0.3, -0.25) is 19.4 Å². The van der Waals surface area contributed by atoms with Gasteiger partial charge < -0.3 is 19.9 Å². The van der Waals surface area contributed by atoms with Gasteiger partial charge in [-0.15, -0.1) is 0 Å². The number of piperazine rings is 1. The monoisotopic (exact) mass is 381 g/mol. The van der Waals surface area contributed by atoms with Crippen molar-refractivity contribution in [2.45, 2.75) is 12.8 Å². The Balaban J connectivity index is 1.32. The zero-order valence-electron chi connectivity index (χ0n) is 16.7. The minimum atomic E-state index is 0.204. The van der Waals surface area contributed by atoms with Gasteiger partial charge in [0.2, 0.25) is 11.8 Å². The summed E-state index contributed by atoms with van der Waals surface area (Å²) in [6.07, 6.45) is 2.32. The van der Waals surface area contributed by atoms with E-state index in [9.17, 15) is 9.59 Å². The molecule has 3 heterocycles. The molecule has 8 heteroatoms. The van der Waals surface area contributed by atoms with Crippen molar-refractivity contribution in [1.29, 1.82) is 0 Å². The van der Waals surface area contributed by atoms with Crippen LogP contribution in [0.25, 0.3) is 0 Å². The van der Waals surface area contributed by atoms with Gasteiger partial charge in [-0.1, -0.05) is 0 Å². The minimum absolute atomic E-state index is 0.204. The lowest BCUT2D eigenvalue weighted by molar-refractivity contribution is -0.137. The van der Waals surface area contributed by atoms with Gasteiger partial charge in [0.1, 0.15) is 0 Å². The Morgan fingerprint density at radius 2 is 1.48 bits per heavy atom. The largest absolute Gasteiger partial charge is 0.378 e. The number of piperidine rings is 1. The average molecular weight is 382 g/mol. The van der Waals surface area contributed by atoms with Crippen LogP contribution in [0, 0.1) is 5.92 Å². The summed E-state index contributed by atoms with van der Waals surface area (Å²) in [5, 5.41) is 2.94. The van der Waals surface area contributed by atoms with Crippen LogP contribution < -0.4 is 5.32 Å². The van der Waals surface area contributed by atoms with E-state index >= 15 is 0 Å². The number of hydrogen-bond acceptors (Lipinski definition) is 6. The maximum absolute atomic E-state index is 12.4. The number of likely N-dealkylation sites (tertiary alicyclic amines) is 1. The van der Waals surface area contributed by atoms with E-state index in [1.807, 2.05) is 16.8 Å². The molecule has 3 saturated heterocycles. The maximum Gasteiger partial charge on any atom is 0.236 e. The molecule has 0 aromatic rings. The second-order valence-electron chi connectivity index (χ2n) is 7.92. The van der Waals surface area contributed by atoms with Crippen molar-refractivity contribution in [1.82, 2.24) is 24.9 Å². The van der Waals surface area contributed by atoms with E-state index in [1.54, 1.807) is 0 Å². The Morgan fingerprint density at radius 3 is 2.11 bits per heavy atom. The fourth-order valence-electron chi connectivity index (χ4n) is 4.24. The highest BCUT2D eigenvalue weighted by atomic mass is 16.5. The van der Waals surface area contributed by atoms with E-state index in [-0.39, 0.29) is 11.8 Å². The van der Waals surface area contributed by atoms with Crippen molar-refractivity contribution in [3.8, 4) is 0 Å². The van der Waals surface area contributed by atoms with Gasteiger partial charge in [-0.25, -0.2) is 0 Å². The molecule has 0 atom stereocenters. The summed E-state index contributed by atoms with van der Waals surface area (Å²) in [6.45, 7) is 10.6. The zero-order chi connectivity index (χ0) is 19.1. The summed E-state index contributed by atoms with van der Waals surface area (Å²) in [5.41, 5.74) is 0. The Bertz CT molecular complexity index is 482. The third-order valence-electron chi connectivity index (χ3n) is 6.00. The van der Waals surface area contributed by atoms with E-state index in [2.05, 4.69) is 15.1 Å². The molecule has 3 fully saturated rings. The molecule has 1 N–H and O–H groups in total. The highest BCUT2D eigenvalue weighted by Gasteiger charge is 2.27. The molecule has 3 rings (SSSR count). The SMILES string of the molecule is CNCC(=O)N1CCN(CC2CCN(CC(=O)N3CCOCC3)CC2)CC1. The summed E-state index contributed by atoms with van der Waals surface area (Å²) in [7, 11) is 1.81. The van der Waals surface area contributed by atoms with Gasteiger partial charge in [0.05, 0.1) is 26.3 Å². The van der Waals surface area contributed by atoms with Crippen LogP contribution >= 0.6 is 0 Å². The predicted molar refractivity (Wildman–Crippen MR) is 104 cm³/mol. The number of ether oxygens (including phenoxy) is 1. The van der Waals surface area contributed by atoms with Gasteiger partial charge in [0, 0.05) is 45.8 Å². The lowest BCUT2D eigenvalue weighted by atomic mass is 9.96. The van der Waals surface area contributed by atoms with Gasteiger partial charge in [0.15, 0.2) is 0 Å². The minimum Gasteiger partial charge on any atom is -0.378 e. The van der Waals surface area contributed by atoms with E-state index in [4.69, 9.17) is 4.74 Å². The number of morpholine rings is 1. The number of carbonyl (C=O) groups is 2. The van der Waals surface area contributed by atoms with E-state index in [0.29, 0.717) is 32.2 Å². The quantitative estimate of drug-likeness (QED) is 0.631. The Hall–Kier alpha value is -1.22. The first-order valence-electron chi connectivity index (χ1n) is 10.4. The van der Waals surface area contributed by atoms with E-state index in [0.717, 1.165) is 71.7 Å². The van der Waals surface area contributed by atoms with Crippen LogP contribution in [0.15, 0.2) is 0 Å². The number of carbonyl (C=O) groups excluding carboxylic acids is 2. The number of nitrogens with zero attached hydrogens (tertiary/aromatic N) is 4. The van der Waals surface area contributed by atoms with Gasteiger partial charge in [-0.2, -0.15) is 0 Å². The molecule has 0 aliphatic carbocycles. The second kappa shape index (κ2) is 10.4. The first-order chi connectivity index (χ1) is 13.2. The predicted octanol–water partition coefficient (Wildman–Crippen LogP) is -1.08. The average Bonchev–Trinajstić information content (AvgIpc) is 2.71. The van der Waals surface area contributed by atoms with Crippen molar-refractivity contribution in [3.05, 3.63) is 0 Å². The van der Waals surface area contributed by atoms with Crippen molar-refractivity contribution < 1.29 is 14.3 Å². The third-order valence-corrected chi connectivity index (χ3v) is 6.00. The molecule has 3 aliphatic heterocycles. The number of likely N-dealkylation sites (N-methyl/N-ethyl adjacent to an activating group) is 1. The van der Waals surface area contributed by atoms with Crippen molar-refractivity contribution in [2.75, 3.05) is 92.3 Å². The molecule has 0 radical (unpaired) electrons. The molecule has 0 spiro atoms. The van der Waals surface area contributed by atoms with E-state index in [1.165, 1.54) is 0 Å². The molecule has 0 aromatic heterocycles. The number of hydrogen-bond donors (Lipinski definition) is 1. The fraction of sp³-hybridized carbons (Fsp3) is 0.895. The molecule has 2 amide bonds. The number of rotatable bonds is 6. The Labute approximate surface area is 162 Å². The maximum atomic E-state index is 12.4. The fourth-order valence-corrected chi connectivity index (χ4v) is 4.24. The van der Waals surface area contributed by atoms with E-state index < -0.39 is 0 Å². The van der Waals surface area contributed by atoms with Crippen molar-refractivity contribution >= 4 is 11.8 Å². The summed E-state index contributed by atoms with van der Waals surface area (Å²) >= 11 is 0. The summed E-state index contributed by atoms with van der Waals surface area (Å²) in [5.74, 6) is 1.16. The summed E-state index contributed by atoms with van der Waals surface area (Å²) in [6, 6.07) is 0. The Morgan fingerprint density at radius 1 is 0.852 bits per heavy atom. The number of amides is 2. The molecular formula is C19H35N5O3.